The standard InChI is InChI=1S/C9H15Si.6CH3.Ti/c1-10(2,3)8-9-6-4-5-7-9;;;;;;;/h4,6H,7-8H2,1-3H3;6*1H3;/q7*-1;. The van der Waals surface area contributed by atoms with Gasteiger partial charge in [0, 0.05) is 29.8 Å². The Balaban J connectivity index is -0.0000000286. The van der Waals surface area contributed by atoms with E-state index in [-0.39, 0.29) is 66.3 Å². The Bertz CT molecular complexity index is 176. The van der Waals surface area contributed by atoms with Crippen molar-refractivity contribution in [3.8, 4) is 0 Å². The molecule has 0 unspecified atom stereocenters. The van der Waals surface area contributed by atoms with E-state index in [9.17, 15) is 0 Å². The van der Waals surface area contributed by atoms with Gasteiger partial charge < -0.3 is 44.6 Å². The van der Waals surface area contributed by atoms with E-state index in [1.807, 2.05) is 0 Å². The fourth-order valence-electron chi connectivity index (χ4n) is 1.23. The van der Waals surface area contributed by atoms with Crippen LogP contribution in [0.25, 0.3) is 0 Å². The van der Waals surface area contributed by atoms with Crippen molar-refractivity contribution < 1.29 is 21.7 Å². The zero-order chi connectivity index (χ0) is 7.61. The summed E-state index contributed by atoms with van der Waals surface area (Å²) < 4.78 is 0. The molecule has 0 aliphatic heterocycles. The van der Waals surface area contributed by atoms with Gasteiger partial charge in [0.1, 0.15) is 0 Å². The molecule has 0 heterocycles. The Morgan fingerprint density at radius 2 is 1.41 bits per heavy atom. The molecule has 0 fully saturated rings. The molecule has 0 spiro atoms. The van der Waals surface area contributed by atoms with Crippen LogP contribution in [0.15, 0.2) is 17.7 Å². The van der Waals surface area contributed by atoms with E-state index < -0.39 is 8.07 Å². The first-order valence-electron chi connectivity index (χ1n) is 3.82. The van der Waals surface area contributed by atoms with Gasteiger partial charge in [0.15, 0.2) is 0 Å². The van der Waals surface area contributed by atoms with E-state index >= 15 is 0 Å². The molecule has 0 aromatic heterocycles. The molecule has 1 aliphatic rings. The topological polar surface area (TPSA) is 0 Å². The Hall–Kier alpha value is 0.411. The van der Waals surface area contributed by atoms with E-state index in [2.05, 4.69) is 37.9 Å². The van der Waals surface area contributed by atoms with Gasteiger partial charge in [-0.3, -0.25) is 6.08 Å². The number of allylic oxidation sites excluding steroid dienone is 4. The van der Waals surface area contributed by atoms with Crippen molar-refractivity contribution in [3.05, 3.63) is 68.4 Å². The minimum absolute atomic E-state index is 0. The normalized spacial score (nSPS) is 10.4. The van der Waals surface area contributed by atoms with Crippen LogP contribution in [0, 0.1) is 50.6 Å². The third-order valence-electron chi connectivity index (χ3n) is 1.52. The molecule has 0 amide bonds. The predicted molar refractivity (Wildman–Crippen MR) is 87.2 cm³/mol. The van der Waals surface area contributed by atoms with Crippen LogP contribution >= 0.6 is 0 Å². The predicted octanol–water partition coefficient (Wildman–Crippen LogP) is 5.71. The minimum atomic E-state index is -0.851. The molecule has 0 bridgehead atoms. The van der Waals surface area contributed by atoms with Crippen molar-refractivity contribution in [1.29, 1.82) is 0 Å². The summed E-state index contributed by atoms with van der Waals surface area (Å²) in [5.74, 6) is 0. The van der Waals surface area contributed by atoms with Crippen molar-refractivity contribution in [2.24, 2.45) is 0 Å². The molecular weight excluding hydrogens is 256 g/mol. The molecule has 0 saturated carbocycles. The summed E-state index contributed by atoms with van der Waals surface area (Å²) >= 11 is 0. The van der Waals surface area contributed by atoms with Gasteiger partial charge in [-0.15, -0.1) is 6.42 Å². The maximum Gasteiger partial charge on any atom is 0.0467 e. The summed E-state index contributed by atoms with van der Waals surface area (Å²) in [5.41, 5.74) is 1.58. The van der Waals surface area contributed by atoms with E-state index in [0.29, 0.717) is 0 Å². The molecular formula is C15H33SiTi-7. The monoisotopic (exact) mass is 289 g/mol. The molecule has 108 valence electrons. The third-order valence-corrected chi connectivity index (χ3v) is 3.04. The molecule has 0 atom stereocenters. The molecule has 1 rings (SSSR count). The second-order valence-electron chi connectivity index (χ2n) is 4.11. The maximum atomic E-state index is 3.20. The van der Waals surface area contributed by atoms with Gasteiger partial charge >= 0.3 is 0 Å². The minimum Gasteiger partial charge on any atom is -0.358 e. The van der Waals surface area contributed by atoms with E-state index in [1.54, 1.807) is 5.57 Å². The number of hydrogen-bond donors (Lipinski definition) is 0. The molecule has 0 N–H and O–H groups in total. The Morgan fingerprint density at radius 3 is 1.65 bits per heavy atom. The molecule has 0 nitrogen and oxygen atoms in total. The van der Waals surface area contributed by atoms with Gasteiger partial charge in [0.2, 0.25) is 0 Å². The van der Waals surface area contributed by atoms with Gasteiger partial charge in [-0.05, 0) is 0 Å². The van der Waals surface area contributed by atoms with E-state index in [4.69, 9.17) is 0 Å². The van der Waals surface area contributed by atoms with E-state index in [0.717, 1.165) is 6.42 Å². The summed E-state index contributed by atoms with van der Waals surface area (Å²) in [7, 11) is -0.851. The summed E-state index contributed by atoms with van der Waals surface area (Å²) in [5, 5.41) is 0. The molecule has 2 heteroatoms. The number of rotatable bonds is 2. The molecule has 0 radical (unpaired) electrons. The first kappa shape index (κ1) is 43.3. The zero-order valence-electron chi connectivity index (χ0n) is 13.6. The maximum absolute atomic E-state index is 3.20. The SMILES string of the molecule is C[Si](C)(C)CC1=CC=[C-]C1.[CH3-].[CH3-].[CH3-].[CH3-].[CH3-].[CH3-].[Ti]. The van der Waals surface area contributed by atoms with Crippen molar-refractivity contribution in [2.75, 3.05) is 0 Å². The number of hydrogen-bond acceptors (Lipinski definition) is 0. The molecule has 0 saturated heterocycles. The fourth-order valence-corrected chi connectivity index (χ4v) is 2.83. The summed E-state index contributed by atoms with van der Waals surface area (Å²) in [6.45, 7) is 7.23. The van der Waals surface area contributed by atoms with Crippen LogP contribution < -0.4 is 0 Å². The van der Waals surface area contributed by atoms with Crippen LogP contribution in [-0.4, -0.2) is 8.07 Å². The van der Waals surface area contributed by atoms with Crippen LogP contribution in [-0.2, 0) is 21.7 Å². The van der Waals surface area contributed by atoms with Crippen LogP contribution in [0.1, 0.15) is 6.42 Å². The first-order chi connectivity index (χ1) is 4.58. The van der Waals surface area contributed by atoms with Crippen LogP contribution in [0.3, 0.4) is 0 Å². The van der Waals surface area contributed by atoms with Gasteiger partial charge in [0.05, 0.1) is 0 Å². The van der Waals surface area contributed by atoms with Gasteiger partial charge in [0.25, 0.3) is 0 Å². The molecule has 17 heavy (non-hydrogen) atoms. The Morgan fingerprint density at radius 1 is 1.00 bits per heavy atom. The first-order valence-corrected chi connectivity index (χ1v) is 7.53. The second-order valence-corrected chi connectivity index (χ2v) is 9.58. The quantitative estimate of drug-likeness (QED) is 0.451. The molecule has 0 aromatic carbocycles. The van der Waals surface area contributed by atoms with Crippen molar-refractivity contribution >= 4 is 8.07 Å². The second kappa shape index (κ2) is 18.8. The molecule has 0 aromatic rings. The zero-order valence-corrected chi connectivity index (χ0v) is 16.1. The Labute approximate surface area is 130 Å². The Kier molecular flexibility index (Phi) is 47.8. The summed E-state index contributed by atoms with van der Waals surface area (Å²) in [6, 6.07) is 1.34. The summed E-state index contributed by atoms with van der Waals surface area (Å²) in [4.78, 5) is 0. The van der Waals surface area contributed by atoms with Crippen molar-refractivity contribution in [3.63, 3.8) is 0 Å². The van der Waals surface area contributed by atoms with Crippen molar-refractivity contribution in [1.82, 2.24) is 0 Å². The third kappa shape index (κ3) is 22.1. The fraction of sp³-hybridized carbons (Fsp3) is 0.333. The van der Waals surface area contributed by atoms with Gasteiger partial charge in [-0.1, -0.05) is 25.7 Å². The average molecular weight is 289 g/mol. The smallest absolute Gasteiger partial charge is 0.0467 e. The van der Waals surface area contributed by atoms with Crippen LogP contribution in [0.4, 0.5) is 0 Å². The van der Waals surface area contributed by atoms with Crippen molar-refractivity contribution in [2.45, 2.75) is 32.1 Å². The van der Waals surface area contributed by atoms with E-state index in [1.165, 1.54) is 6.04 Å². The van der Waals surface area contributed by atoms with Gasteiger partial charge in [-0.2, -0.15) is 5.57 Å². The van der Waals surface area contributed by atoms with Crippen LogP contribution in [0.2, 0.25) is 25.7 Å². The summed E-state index contributed by atoms with van der Waals surface area (Å²) in [6.07, 6.45) is 8.56. The molecule has 1 aliphatic carbocycles. The van der Waals surface area contributed by atoms with Gasteiger partial charge in [-0.25, -0.2) is 12.2 Å². The van der Waals surface area contributed by atoms with Crippen LogP contribution in [0.5, 0.6) is 0 Å². The average Bonchev–Trinajstić information content (AvgIpc) is 2.12. The largest absolute Gasteiger partial charge is 0.358 e.